The number of hydrogen-bond donors (Lipinski definition) is 1. The van der Waals surface area contributed by atoms with Crippen molar-refractivity contribution in [2.24, 2.45) is 5.41 Å². The van der Waals surface area contributed by atoms with Gasteiger partial charge in [-0.05, 0) is 49.1 Å². The normalized spacial score (nSPS) is 24.4. The van der Waals surface area contributed by atoms with Crippen molar-refractivity contribution in [3.8, 4) is 0 Å². The molecule has 1 aliphatic heterocycles. The smallest absolute Gasteiger partial charge is 0.0141 e. The first-order valence-electron chi connectivity index (χ1n) is 8.16. The van der Waals surface area contributed by atoms with Gasteiger partial charge in [-0.3, -0.25) is 0 Å². The third kappa shape index (κ3) is 3.59. The predicted octanol–water partition coefficient (Wildman–Crippen LogP) is 4.65. The molecule has 1 heterocycles. The average Bonchev–Trinajstić information content (AvgIpc) is 3.16. The van der Waals surface area contributed by atoms with Gasteiger partial charge >= 0.3 is 0 Å². The van der Waals surface area contributed by atoms with Crippen LogP contribution in [-0.4, -0.2) is 17.8 Å². The van der Waals surface area contributed by atoms with Gasteiger partial charge in [0.15, 0.2) is 0 Å². The van der Waals surface area contributed by atoms with Crippen molar-refractivity contribution in [3.05, 3.63) is 29.8 Å². The molecule has 2 heteroatoms. The van der Waals surface area contributed by atoms with E-state index in [0.29, 0.717) is 5.41 Å². The zero-order valence-corrected chi connectivity index (χ0v) is 13.6. The molecule has 2 unspecified atom stereocenters. The number of thioether (sulfide) groups is 1. The molecule has 0 aromatic heterocycles. The molecular weight excluding hydrogens is 262 g/mol. The lowest BCUT2D eigenvalue weighted by molar-refractivity contribution is 0.252. The summed E-state index contributed by atoms with van der Waals surface area (Å²) in [6.45, 7) is 6.03. The molecule has 110 valence electrons. The molecule has 2 aliphatic rings. The number of nitrogens with one attached hydrogen (secondary N) is 1. The third-order valence-corrected chi connectivity index (χ3v) is 6.00. The lowest BCUT2D eigenvalue weighted by Gasteiger charge is -2.32. The van der Waals surface area contributed by atoms with Crippen LogP contribution in [-0.2, 0) is 6.42 Å². The van der Waals surface area contributed by atoms with E-state index < -0.39 is 0 Å². The van der Waals surface area contributed by atoms with Crippen molar-refractivity contribution >= 4 is 11.8 Å². The van der Waals surface area contributed by atoms with Crippen molar-refractivity contribution in [2.75, 3.05) is 6.54 Å². The van der Waals surface area contributed by atoms with Crippen LogP contribution >= 0.6 is 11.8 Å². The molecule has 0 radical (unpaired) electrons. The molecule has 0 spiro atoms. The van der Waals surface area contributed by atoms with Gasteiger partial charge in [0.25, 0.3) is 0 Å². The first-order valence-corrected chi connectivity index (χ1v) is 9.04. The Kier molecular flexibility index (Phi) is 4.42. The highest BCUT2D eigenvalue weighted by Crippen LogP contribution is 2.43. The van der Waals surface area contributed by atoms with E-state index in [4.69, 9.17) is 0 Å². The zero-order valence-electron chi connectivity index (χ0n) is 12.8. The fourth-order valence-electron chi connectivity index (χ4n) is 3.46. The van der Waals surface area contributed by atoms with Crippen LogP contribution in [0.4, 0.5) is 0 Å². The molecule has 20 heavy (non-hydrogen) atoms. The summed E-state index contributed by atoms with van der Waals surface area (Å²) in [6.07, 6.45) is 8.05. The lowest BCUT2D eigenvalue weighted by Crippen LogP contribution is -2.35. The van der Waals surface area contributed by atoms with Crippen LogP contribution in [0.25, 0.3) is 0 Å². The van der Waals surface area contributed by atoms with Crippen molar-refractivity contribution in [1.29, 1.82) is 0 Å². The second-order valence-corrected chi connectivity index (χ2v) is 8.31. The van der Waals surface area contributed by atoms with Crippen LogP contribution in [0.15, 0.2) is 29.2 Å². The van der Waals surface area contributed by atoms with Crippen molar-refractivity contribution in [3.63, 3.8) is 0 Å². The van der Waals surface area contributed by atoms with Crippen molar-refractivity contribution in [2.45, 2.75) is 68.6 Å². The monoisotopic (exact) mass is 289 g/mol. The molecule has 1 aromatic carbocycles. The van der Waals surface area contributed by atoms with Crippen LogP contribution in [0.2, 0.25) is 0 Å². The Morgan fingerprint density at radius 1 is 1.30 bits per heavy atom. The Labute approximate surface area is 127 Å². The quantitative estimate of drug-likeness (QED) is 0.784. The Morgan fingerprint density at radius 2 is 2.10 bits per heavy atom. The maximum atomic E-state index is 3.77. The van der Waals surface area contributed by atoms with Crippen LogP contribution < -0.4 is 5.32 Å². The van der Waals surface area contributed by atoms with Crippen LogP contribution in [0.3, 0.4) is 0 Å². The minimum Gasteiger partial charge on any atom is -0.313 e. The van der Waals surface area contributed by atoms with E-state index in [9.17, 15) is 0 Å². The minimum absolute atomic E-state index is 0.469. The van der Waals surface area contributed by atoms with Gasteiger partial charge in [-0.1, -0.05) is 38.5 Å². The molecule has 0 saturated heterocycles. The predicted molar refractivity (Wildman–Crippen MR) is 88.4 cm³/mol. The molecule has 1 aromatic rings. The summed E-state index contributed by atoms with van der Waals surface area (Å²) < 4.78 is 0. The highest BCUT2D eigenvalue weighted by Gasteiger charge is 2.33. The number of rotatable bonds is 7. The zero-order chi connectivity index (χ0) is 14.0. The summed E-state index contributed by atoms with van der Waals surface area (Å²) in [4.78, 5) is 1.52. The molecular formula is C18H27NS. The number of hydrogen-bond acceptors (Lipinski definition) is 2. The Balaban J connectivity index is 1.59. The van der Waals surface area contributed by atoms with Gasteiger partial charge in [0, 0.05) is 22.7 Å². The second-order valence-electron chi connectivity index (χ2n) is 6.97. The van der Waals surface area contributed by atoms with Gasteiger partial charge < -0.3 is 5.32 Å². The third-order valence-electron chi connectivity index (χ3n) is 4.68. The Hall–Kier alpha value is -0.470. The Morgan fingerprint density at radius 3 is 2.80 bits per heavy atom. The van der Waals surface area contributed by atoms with E-state index in [1.165, 1.54) is 50.0 Å². The van der Waals surface area contributed by atoms with Gasteiger partial charge in [0.05, 0.1) is 0 Å². The summed E-state index contributed by atoms with van der Waals surface area (Å²) in [5.74, 6) is 0. The van der Waals surface area contributed by atoms with E-state index >= 15 is 0 Å². The van der Waals surface area contributed by atoms with E-state index in [1.807, 2.05) is 0 Å². The highest BCUT2D eigenvalue weighted by molar-refractivity contribution is 8.00. The first-order chi connectivity index (χ1) is 9.68. The second kappa shape index (κ2) is 6.11. The van der Waals surface area contributed by atoms with E-state index in [1.54, 1.807) is 5.56 Å². The maximum absolute atomic E-state index is 3.77. The number of benzene rings is 1. The van der Waals surface area contributed by atoms with Crippen LogP contribution in [0, 0.1) is 5.41 Å². The summed E-state index contributed by atoms with van der Waals surface area (Å²) >= 11 is 2.11. The van der Waals surface area contributed by atoms with E-state index in [-0.39, 0.29) is 0 Å². The highest BCUT2D eigenvalue weighted by atomic mass is 32.2. The molecule has 3 rings (SSSR count). The van der Waals surface area contributed by atoms with Gasteiger partial charge in [-0.2, -0.15) is 0 Å². The molecule has 1 fully saturated rings. The van der Waals surface area contributed by atoms with Crippen molar-refractivity contribution in [1.82, 2.24) is 5.32 Å². The summed E-state index contributed by atoms with van der Waals surface area (Å²) in [7, 11) is 0. The van der Waals surface area contributed by atoms with Gasteiger partial charge in [-0.15, -0.1) is 11.8 Å². The molecule has 1 aliphatic carbocycles. The topological polar surface area (TPSA) is 12.0 Å². The first kappa shape index (κ1) is 14.5. The SMILES string of the molecule is CCCC(C)(CNC1CC1)CC1Cc2ccccc2S1. The molecule has 0 amide bonds. The summed E-state index contributed by atoms with van der Waals surface area (Å²) in [5, 5.41) is 4.55. The summed E-state index contributed by atoms with van der Waals surface area (Å²) in [6, 6.07) is 9.79. The van der Waals surface area contributed by atoms with Gasteiger partial charge in [0.2, 0.25) is 0 Å². The van der Waals surface area contributed by atoms with Gasteiger partial charge in [0.1, 0.15) is 0 Å². The standard InChI is InChI=1S/C18H27NS/c1-3-10-18(2,13-19-15-8-9-15)12-16-11-14-6-4-5-7-17(14)20-16/h4-7,15-16,19H,3,8-13H2,1-2H3. The molecule has 1 N–H and O–H groups in total. The number of fused-ring (bicyclic) bond motifs is 1. The van der Waals surface area contributed by atoms with Crippen LogP contribution in [0.1, 0.15) is 51.5 Å². The molecule has 2 atom stereocenters. The van der Waals surface area contributed by atoms with E-state index in [2.05, 4.69) is 55.2 Å². The molecule has 1 nitrogen and oxygen atoms in total. The largest absolute Gasteiger partial charge is 0.313 e. The van der Waals surface area contributed by atoms with Crippen molar-refractivity contribution < 1.29 is 0 Å². The van der Waals surface area contributed by atoms with Gasteiger partial charge in [-0.25, -0.2) is 0 Å². The fraction of sp³-hybridized carbons (Fsp3) is 0.667. The molecule has 1 saturated carbocycles. The maximum Gasteiger partial charge on any atom is 0.0141 e. The Bertz CT molecular complexity index is 429. The van der Waals surface area contributed by atoms with Crippen LogP contribution in [0.5, 0.6) is 0 Å². The molecule has 0 bridgehead atoms. The van der Waals surface area contributed by atoms with E-state index in [0.717, 1.165) is 11.3 Å². The fourth-order valence-corrected chi connectivity index (χ4v) is 5.03. The lowest BCUT2D eigenvalue weighted by atomic mass is 9.80. The summed E-state index contributed by atoms with van der Waals surface area (Å²) in [5.41, 5.74) is 2.04. The minimum atomic E-state index is 0.469. The average molecular weight is 289 g/mol.